The van der Waals surface area contributed by atoms with Crippen LogP contribution in [0.1, 0.15) is 24.9 Å². The van der Waals surface area contributed by atoms with E-state index in [0.29, 0.717) is 0 Å². The van der Waals surface area contributed by atoms with Crippen molar-refractivity contribution in [1.82, 2.24) is 5.43 Å². The Hall–Kier alpha value is -0.830. The molecule has 1 aromatic rings. The highest BCUT2D eigenvalue weighted by Crippen LogP contribution is 2.19. The van der Waals surface area contributed by atoms with Crippen molar-refractivity contribution < 1.29 is 0 Å². The number of hydrogen-bond acceptors (Lipinski definition) is 2. The zero-order valence-corrected chi connectivity index (χ0v) is 9.21. The summed E-state index contributed by atoms with van der Waals surface area (Å²) in [6.45, 7) is 5.54. The van der Waals surface area contributed by atoms with E-state index in [9.17, 15) is 0 Å². The summed E-state index contributed by atoms with van der Waals surface area (Å²) in [5.41, 5.74) is 4.20. The standard InChI is InChI=1S/C10H13BrN2/c1-3-10(13-12-2)8-4-6-9(11)7-5-8/h4-7,10,13H,2-3H2,1H3. The summed E-state index contributed by atoms with van der Waals surface area (Å²) in [5, 5.41) is 3.69. The zero-order valence-electron chi connectivity index (χ0n) is 7.63. The monoisotopic (exact) mass is 240 g/mol. The fraction of sp³-hybridized carbons (Fsp3) is 0.300. The van der Waals surface area contributed by atoms with E-state index in [2.05, 4.69) is 52.2 Å². The van der Waals surface area contributed by atoms with Crippen LogP contribution < -0.4 is 5.43 Å². The number of nitrogens with zero attached hydrogens (tertiary/aromatic N) is 1. The minimum atomic E-state index is 0.269. The first-order valence-corrected chi connectivity index (χ1v) is 5.04. The molecule has 3 heteroatoms. The minimum absolute atomic E-state index is 0.269. The third-order valence-corrected chi connectivity index (χ3v) is 2.46. The molecule has 0 heterocycles. The molecule has 0 aliphatic carbocycles. The van der Waals surface area contributed by atoms with Gasteiger partial charge in [-0.15, -0.1) is 0 Å². The van der Waals surface area contributed by atoms with Crippen LogP contribution in [0.2, 0.25) is 0 Å². The summed E-state index contributed by atoms with van der Waals surface area (Å²) in [5.74, 6) is 0. The molecule has 0 saturated carbocycles. The first-order valence-electron chi connectivity index (χ1n) is 4.24. The van der Waals surface area contributed by atoms with Crippen molar-refractivity contribution in [1.29, 1.82) is 0 Å². The average molecular weight is 241 g/mol. The number of rotatable bonds is 4. The van der Waals surface area contributed by atoms with E-state index in [1.807, 2.05) is 12.1 Å². The smallest absolute Gasteiger partial charge is 0.0686 e. The molecule has 1 rings (SSSR count). The van der Waals surface area contributed by atoms with Crippen molar-refractivity contribution in [3.8, 4) is 0 Å². The van der Waals surface area contributed by atoms with E-state index < -0.39 is 0 Å². The molecule has 0 amide bonds. The van der Waals surface area contributed by atoms with Gasteiger partial charge in [-0.25, -0.2) is 0 Å². The third-order valence-electron chi connectivity index (χ3n) is 1.93. The number of benzene rings is 1. The Morgan fingerprint density at radius 3 is 2.54 bits per heavy atom. The highest BCUT2D eigenvalue weighted by Gasteiger charge is 2.06. The maximum atomic E-state index is 3.69. The first-order chi connectivity index (χ1) is 6.27. The van der Waals surface area contributed by atoms with Crippen LogP contribution in [0.15, 0.2) is 33.8 Å². The van der Waals surface area contributed by atoms with Crippen molar-refractivity contribution in [2.45, 2.75) is 19.4 Å². The van der Waals surface area contributed by atoms with Gasteiger partial charge in [-0.3, -0.25) is 0 Å². The fourth-order valence-corrected chi connectivity index (χ4v) is 1.47. The van der Waals surface area contributed by atoms with E-state index in [1.165, 1.54) is 5.56 Å². The molecule has 70 valence electrons. The Morgan fingerprint density at radius 1 is 1.46 bits per heavy atom. The SMILES string of the molecule is C=NNC(CC)c1ccc(Br)cc1. The summed E-state index contributed by atoms with van der Waals surface area (Å²) in [6.07, 6.45) is 1.00. The van der Waals surface area contributed by atoms with Gasteiger partial charge in [-0.1, -0.05) is 35.0 Å². The normalized spacial score (nSPS) is 12.2. The van der Waals surface area contributed by atoms with Gasteiger partial charge in [0, 0.05) is 11.2 Å². The molecule has 1 aromatic carbocycles. The molecule has 2 nitrogen and oxygen atoms in total. The number of halogens is 1. The molecular formula is C10H13BrN2. The lowest BCUT2D eigenvalue weighted by atomic mass is 10.1. The largest absolute Gasteiger partial charge is 0.303 e. The third kappa shape index (κ3) is 2.84. The topological polar surface area (TPSA) is 24.4 Å². The Labute approximate surface area is 87.2 Å². The Balaban J connectivity index is 2.78. The van der Waals surface area contributed by atoms with E-state index >= 15 is 0 Å². The Kier molecular flexibility index (Phi) is 3.96. The molecule has 0 bridgehead atoms. The minimum Gasteiger partial charge on any atom is -0.303 e. The van der Waals surface area contributed by atoms with E-state index in [4.69, 9.17) is 0 Å². The Bertz CT molecular complexity index is 269. The summed E-state index contributed by atoms with van der Waals surface area (Å²) < 4.78 is 1.10. The lowest BCUT2D eigenvalue weighted by Crippen LogP contribution is -2.13. The number of hydrogen-bond donors (Lipinski definition) is 1. The molecule has 1 N–H and O–H groups in total. The fourth-order valence-electron chi connectivity index (χ4n) is 1.21. The number of nitrogens with one attached hydrogen (secondary N) is 1. The molecule has 13 heavy (non-hydrogen) atoms. The van der Waals surface area contributed by atoms with Crippen LogP contribution in [-0.2, 0) is 0 Å². The van der Waals surface area contributed by atoms with Gasteiger partial charge in [-0.05, 0) is 24.1 Å². The van der Waals surface area contributed by atoms with Crippen molar-refractivity contribution >= 4 is 22.6 Å². The maximum absolute atomic E-state index is 3.69. The van der Waals surface area contributed by atoms with E-state index in [1.54, 1.807) is 0 Å². The molecule has 1 atom stereocenters. The summed E-state index contributed by atoms with van der Waals surface area (Å²) >= 11 is 3.40. The van der Waals surface area contributed by atoms with Crippen LogP contribution >= 0.6 is 15.9 Å². The summed E-state index contributed by atoms with van der Waals surface area (Å²) in [7, 11) is 0. The van der Waals surface area contributed by atoms with Gasteiger partial charge < -0.3 is 5.43 Å². The predicted octanol–water partition coefficient (Wildman–Crippen LogP) is 3.11. The molecule has 0 spiro atoms. The van der Waals surface area contributed by atoms with Crippen LogP contribution in [0.3, 0.4) is 0 Å². The van der Waals surface area contributed by atoms with Crippen LogP contribution in [-0.4, -0.2) is 6.72 Å². The van der Waals surface area contributed by atoms with E-state index in [-0.39, 0.29) is 6.04 Å². The molecular weight excluding hydrogens is 228 g/mol. The van der Waals surface area contributed by atoms with E-state index in [0.717, 1.165) is 10.9 Å². The molecule has 0 aromatic heterocycles. The summed E-state index contributed by atoms with van der Waals surface area (Å²) in [6, 6.07) is 8.49. The lowest BCUT2D eigenvalue weighted by molar-refractivity contribution is 0.544. The average Bonchev–Trinajstić information content (AvgIpc) is 2.16. The van der Waals surface area contributed by atoms with Crippen molar-refractivity contribution in [2.24, 2.45) is 5.10 Å². The molecule has 1 unspecified atom stereocenters. The van der Waals surface area contributed by atoms with Crippen molar-refractivity contribution in [2.75, 3.05) is 0 Å². The van der Waals surface area contributed by atoms with Gasteiger partial charge >= 0.3 is 0 Å². The van der Waals surface area contributed by atoms with Gasteiger partial charge in [0.05, 0.1) is 6.04 Å². The quantitative estimate of drug-likeness (QED) is 0.635. The zero-order chi connectivity index (χ0) is 9.68. The highest BCUT2D eigenvalue weighted by molar-refractivity contribution is 9.10. The van der Waals surface area contributed by atoms with Crippen molar-refractivity contribution in [3.05, 3.63) is 34.3 Å². The molecule has 0 radical (unpaired) electrons. The molecule has 0 aliphatic rings. The van der Waals surface area contributed by atoms with Gasteiger partial charge in [-0.2, -0.15) is 5.10 Å². The van der Waals surface area contributed by atoms with Gasteiger partial charge in [0.15, 0.2) is 0 Å². The van der Waals surface area contributed by atoms with Crippen LogP contribution in [0.25, 0.3) is 0 Å². The lowest BCUT2D eigenvalue weighted by Gasteiger charge is -2.14. The number of hydrazone groups is 1. The van der Waals surface area contributed by atoms with Gasteiger partial charge in [0.25, 0.3) is 0 Å². The first kappa shape index (κ1) is 10.3. The van der Waals surface area contributed by atoms with Crippen LogP contribution in [0, 0.1) is 0 Å². The van der Waals surface area contributed by atoms with Crippen LogP contribution in [0.4, 0.5) is 0 Å². The summed E-state index contributed by atoms with van der Waals surface area (Å²) in [4.78, 5) is 0. The second-order valence-electron chi connectivity index (χ2n) is 2.80. The van der Waals surface area contributed by atoms with Crippen molar-refractivity contribution in [3.63, 3.8) is 0 Å². The molecule has 0 aliphatic heterocycles. The highest BCUT2D eigenvalue weighted by atomic mass is 79.9. The Morgan fingerprint density at radius 2 is 2.08 bits per heavy atom. The maximum Gasteiger partial charge on any atom is 0.0686 e. The predicted molar refractivity (Wildman–Crippen MR) is 59.9 cm³/mol. The van der Waals surface area contributed by atoms with Gasteiger partial charge in [0.1, 0.15) is 0 Å². The second-order valence-corrected chi connectivity index (χ2v) is 3.72. The van der Waals surface area contributed by atoms with Gasteiger partial charge in [0.2, 0.25) is 0 Å². The second kappa shape index (κ2) is 5.02. The molecule has 0 saturated heterocycles. The molecule has 0 fully saturated rings. The van der Waals surface area contributed by atoms with Crippen LogP contribution in [0.5, 0.6) is 0 Å².